The van der Waals surface area contributed by atoms with E-state index in [1.165, 1.54) is 0 Å². The van der Waals surface area contributed by atoms with Gasteiger partial charge in [0.25, 0.3) is 0 Å². The van der Waals surface area contributed by atoms with Crippen LogP contribution in [0.3, 0.4) is 0 Å². The number of nitrogens with zero attached hydrogens (tertiary/aromatic N) is 2. The minimum Gasteiger partial charge on any atom is -0.488 e. The number of fused-ring (bicyclic) bond motifs is 1. The van der Waals surface area contributed by atoms with Crippen LogP contribution in [0.2, 0.25) is 0 Å². The molecule has 0 aliphatic carbocycles. The Kier molecular flexibility index (Phi) is 4.87. The third kappa shape index (κ3) is 4.29. The van der Waals surface area contributed by atoms with Gasteiger partial charge >= 0.3 is 0 Å². The number of likely N-dealkylation sites (N-methyl/N-ethyl adjacent to an activating group) is 2. The number of benzene rings is 1. The largest absolute Gasteiger partial charge is 0.488 e. The number of anilines is 1. The minimum absolute atomic E-state index is 0.639. The molecule has 0 amide bonds. The van der Waals surface area contributed by atoms with Crippen molar-refractivity contribution in [2.45, 2.75) is 0 Å². The van der Waals surface area contributed by atoms with Crippen LogP contribution >= 0.6 is 0 Å². The van der Waals surface area contributed by atoms with E-state index in [9.17, 15) is 0 Å². The summed E-state index contributed by atoms with van der Waals surface area (Å²) in [6, 6.07) is 5.54. The Bertz CT molecular complexity index is 412. The Morgan fingerprint density at radius 3 is 2.11 bits per heavy atom. The maximum Gasteiger partial charge on any atom is 0.163 e. The lowest BCUT2D eigenvalue weighted by Crippen LogP contribution is -2.35. The molecule has 0 fully saturated rings. The molecule has 0 unspecified atom stereocenters. The number of rotatable bonds is 0. The van der Waals surface area contributed by atoms with Crippen molar-refractivity contribution in [3.05, 3.63) is 18.2 Å². The molecule has 1 aliphatic heterocycles. The number of nitrogen functional groups attached to an aromatic ring is 1. The molecule has 0 spiro atoms. The molecular weight excluding hydrogens is 242 g/mol. The third-order valence-electron chi connectivity index (χ3n) is 3.29. The molecular formula is C14H23N3O2. The zero-order valence-corrected chi connectivity index (χ0v) is 11.8. The maximum absolute atomic E-state index is 5.79. The summed E-state index contributed by atoms with van der Waals surface area (Å²) in [7, 11) is 4.23. The van der Waals surface area contributed by atoms with Crippen molar-refractivity contribution in [2.75, 3.05) is 59.2 Å². The predicted molar refractivity (Wildman–Crippen MR) is 76.8 cm³/mol. The fraction of sp³-hybridized carbons (Fsp3) is 0.571. The summed E-state index contributed by atoms with van der Waals surface area (Å²) in [4.78, 5) is 4.54. The highest BCUT2D eigenvalue weighted by Crippen LogP contribution is 2.29. The Balaban J connectivity index is 2.09. The van der Waals surface area contributed by atoms with Crippen LogP contribution in [-0.2, 0) is 0 Å². The van der Waals surface area contributed by atoms with Crippen LogP contribution in [0.1, 0.15) is 0 Å². The van der Waals surface area contributed by atoms with Crippen molar-refractivity contribution >= 4 is 5.69 Å². The van der Waals surface area contributed by atoms with Gasteiger partial charge < -0.3 is 25.0 Å². The number of nitrogens with two attached hydrogens (primary N) is 1. The standard InChI is InChI=1S/C14H23N3O2/c1-16-5-6-17(2)8-10-19-14-11-12(15)3-4-13(14)18-9-7-16/h3-4,11H,5-10,15H2,1-2H3. The van der Waals surface area contributed by atoms with Gasteiger partial charge in [-0.15, -0.1) is 0 Å². The van der Waals surface area contributed by atoms with Crippen LogP contribution in [0.15, 0.2) is 18.2 Å². The second-order valence-corrected chi connectivity index (χ2v) is 5.01. The van der Waals surface area contributed by atoms with Gasteiger partial charge in [-0.05, 0) is 26.2 Å². The number of ether oxygens (including phenoxy) is 2. The lowest BCUT2D eigenvalue weighted by Gasteiger charge is -2.24. The van der Waals surface area contributed by atoms with Crippen LogP contribution in [0.5, 0.6) is 11.5 Å². The molecule has 1 aromatic carbocycles. The van der Waals surface area contributed by atoms with Crippen LogP contribution in [-0.4, -0.2) is 63.3 Å². The smallest absolute Gasteiger partial charge is 0.163 e. The average molecular weight is 265 g/mol. The summed E-state index contributed by atoms with van der Waals surface area (Å²) in [5.41, 5.74) is 6.49. The Morgan fingerprint density at radius 1 is 0.895 bits per heavy atom. The van der Waals surface area contributed by atoms with E-state index in [0.717, 1.165) is 37.7 Å². The van der Waals surface area contributed by atoms with Gasteiger partial charge in [-0.2, -0.15) is 0 Å². The van der Waals surface area contributed by atoms with Crippen LogP contribution in [0.25, 0.3) is 0 Å². The van der Waals surface area contributed by atoms with E-state index in [4.69, 9.17) is 15.2 Å². The second-order valence-electron chi connectivity index (χ2n) is 5.01. The molecule has 0 saturated carbocycles. The zero-order valence-electron chi connectivity index (χ0n) is 11.8. The number of hydrogen-bond acceptors (Lipinski definition) is 5. The van der Waals surface area contributed by atoms with Crippen molar-refractivity contribution in [1.82, 2.24) is 9.80 Å². The van der Waals surface area contributed by atoms with Crippen molar-refractivity contribution in [1.29, 1.82) is 0 Å². The van der Waals surface area contributed by atoms with Gasteiger partial charge in [-0.3, -0.25) is 0 Å². The van der Waals surface area contributed by atoms with Crippen molar-refractivity contribution in [2.24, 2.45) is 0 Å². The van der Waals surface area contributed by atoms with Crippen molar-refractivity contribution < 1.29 is 9.47 Å². The van der Waals surface area contributed by atoms with Crippen molar-refractivity contribution in [3.63, 3.8) is 0 Å². The monoisotopic (exact) mass is 265 g/mol. The topological polar surface area (TPSA) is 51.0 Å². The highest BCUT2D eigenvalue weighted by Gasteiger charge is 2.09. The first-order valence-electron chi connectivity index (χ1n) is 6.67. The van der Waals surface area contributed by atoms with Crippen LogP contribution in [0.4, 0.5) is 5.69 Å². The maximum atomic E-state index is 5.79. The molecule has 106 valence electrons. The van der Waals surface area contributed by atoms with E-state index < -0.39 is 0 Å². The second kappa shape index (κ2) is 6.63. The molecule has 5 nitrogen and oxygen atoms in total. The van der Waals surface area contributed by atoms with Gasteiger partial charge in [0, 0.05) is 37.9 Å². The summed E-state index contributed by atoms with van der Waals surface area (Å²) >= 11 is 0. The summed E-state index contributed by atoms with van der Waals surface area (Å²) in [5, 5.41) is 0. The van der Waals surface area contributed by atoms with Gasteiger partial charge in [-0.1, -0.05) is 0 Å². The molecule has 1 heterocycles. The normalized spacial score (nSPS) is 19.5. The molecule has 0 radical (unpaired) electrons. The fourth-order valence-electron chi connectivity index (χ4n) is 1.94. The minimum atomic E-state index is 0.639. The highest BCUT2D eigenvalue weighted by molar-refractivity contribution is 5.51. The van der Waals surface area contributed by atoms with Gasteiger partial charge in [0.15, 0.2) is 11.5 Å². The molecule has 5 heteroatoms. The molecule has 0 bridgehead atoms. The first-order valence-corrected chi connectivity index (χ1v) is 6.67. The Morgan fingerprint density at radius 2 is 1.47 bits per heavy atom. The quantitative estimate of drug-likeness (QED) is 0.706. The van der Waals surface area contributed by atoms with Crippen LogP contribution < -0.4 is 15.2 Å². The summed E-state index contributed by atoms with van der Waals surface area (Å²) < 4.78 is 11.6. The zero-order chi connectivity index (χ0) is 13.7. The van der Waals surface area contributed by atoms with Gasteiger partial charge in [0.05, 0.1) is 0 Å². The first kappa shape index (κ1) is 14.0. The van der Waals surface area contributed by atoms with E-state index >= 15 is 0 Å². The van der Waals surface area contributed by atoms with Crippen molar-refractivity contribution in [3.8, 4) is 11.5 Å². The molecule has 19 heavy (non-hydrogen) atoms. The van der Waals surface area contributed by atoms with Gasteiger partial charge in [0.2, 0.25) is 0 Å². The predicted octanol–water partition coefficient (Wildman–Crippen LogP) is 0.904. The van der Waals surface area contributed by atoms with E-state index in [-0.39, 0.29) is 0 Å². The lowest BCUT2D eigenvalue weighted by molar-refractivity contribution is 0.176. The van der Waals surface area contributed by atoms with E-state index in [0.29, 0.717) is 18.9 Å². The molecule has 0 atom stereocenters. The Labute approximate surface area is 114 Å². The SMILES string of the molecule is CN1CCOc2ccc(N)cc2OCCN(C)CC1. The molecule has 0 saturated heterocycles. The summed E-state index contributed by atoms with van der Waals surface area (Å²) in [6.07, 6.45) is 0. The van der Waals surface area contributed by atoms with E-state index in [2.05, 4.69) is 23.9 Å². The van der Waals surface area contributed by atoms with Gasteiger partial charge in [-0.25, -0.2) is 0 Å². The summed E-state index contributed by atoms with van der Waals surface area (Å²) in [6.45, 7) is 5.15. The van der Waals surface area contributed by atoms with E-state index in [1.54, 1.807) is 0 Å². The number of hydrogen-bond donors (Lipinski definition) is 1. The van der Waals surface area contributed by atoms with Gasteiger partial charge in [0.1, 0.15) is 13.2 Å². The van der Waals surface area contributed by atoms with E-state index in [1.807, 2.05) is 18.2 Å². The van der Waals surface area contributed by atoms with Crippen LogP contribution in [0, 0.1) is 0 Å². The third-order valence-corrected chi connectivity index (χ3v) is 3.29. The highest BCUT2D eigenvalue weighted by atomic mass is 16.5. The lowest BCUT2D eigenvalue weighted by atomic mass is 10.3. The molecule has 2 N–H and O–H groups in total. The Hall–Kier alpha value is -1.46. The average Bonchev–Trinajstić information content (AvgIpc) is 2.37. The summed E-state index contributed by atoms with van der Waals surface area (Å²) in [5.74, 6) is 1.50. The molecule has 1 aliphatic rings. The first-order chi connectivity index (χ1) is 9.15. The molecule has 1 aromatic rings. The molecule has 2 rings (SSSR count). The molecule has 0 aromatic heterocycles. The fourth-order valence-corrected chi connectivity index (χ4v) is 1.94.